The predicted octanol–water partition coefficient (Wildman–Crippen LogP) is 2.80. The highest BCUT2D eigenvalue weighted by atomic mass is 32.2. The van der Waals surface area contributed by atoms with Crippen LogP contribution >= 0.6 is 0 Å². The van der Waals surface area contributed by atoms with E-state index in [1.54, 1.807) is 12.1 Å². The molecule has 2 aromatic rings. The summed E-state index contributed by atoms with van der Waals surface area (Å²) in [6.45, 7) is 1.94. The average Bonchev–Trinajstić information content (AvgIpc) is 2.47. The van der Waals surface area contributed by atoms with Crippen molar-refractivity contribution in [3.05, 3.63) is 53.8 Å². The summed E-state index contributed by atoms with van der Waals surface area (Å²) in [4.78, 5) is 0.0444. The van der Waals surface area contributed by atoms with Gasteiger partial charge in [-0.25, -0.2) is 12.8 Å². The lowest BCUT2D eigenvalue weighted by molar-refractivity contribution is 0.589. The Labute approximate surface area is 124 Å². The third kappa shape index (κ3) is 2.85. The summed E-state index contributed by atoms with van der Waals surface area (Å²) in [7, 11) is -2.53. The number of halogens is 1. The van der Waals surface area contributed by atoms with Crippen molar-refractivity contribution in [3.8, 4) is 0 Å². The Kier molecular flexibility index (Phi) is 4.18. The number of rotatable bonds is 4. The zero-order chi connectivity index (χ0) is 15.6. The molecule has 0 amide bonds. The highest BCUT2D eigenvalue weighted by molar-refractivity contribution is 7.92. The molecule has 0 fully saturated rings. The van der Waals surface area contributed by atoms with Crippen LogP contribution in [0.4, 0.5) is 15.8 Å². The molecule has 0 aliphatic rings. The van der Waals surface area contributed by atoms with Crippen LogP contribution in [-0.4, -0.2) is 15.5 Å². The fraction of sp³-hybridized carbons (Fsp3) is 0.200. The third-order valence-electron chi connectivity index (χ3n) is 3.35. The van der Waals surface area contributed by atoms with E-state index in [1.165, 1.54) is 37.4 Å². The highest BCUT2D eigenvalue weighted by Gasteiger charge is 2.23. The van der Waals surface area contributed by atoms with Crippen LogP contribution in [0.15, 0.2) is 47.4 Å². The molecule has 0 unspecified atom stereocenters. The summed E-state index contributed by atoms with van der Waals surface area (Å²) < 4.78 is 39.8. The molecule has 0 radical (unpaired) electrons. The number of hydrogen-bond acceptors (Lipinski definition) is 3. The summed E-state index contributed by atoms with van der Waals surface area (Å²) in [5.41, 5.74) is 7.13. The maximum atomic E-state index is 13.8. The standard InChI is InChI=1S/C15H17FN2O2S/c1-3-11-8-9-12(10-14(11)17)21(19,20)18(2)15-7-5-4-6-13(15)16/h4-10H,3,17H2,1-2H3. The molecule has 0 saturated carbocycles. The molecule has 0 spiro atoms. The fourth-order valence-electron chi connectivity index (χ4n) is 2.05. The molecule has 0 atom stereocenters. The van der Waals surface area contributed by atoms with Crippen LogP contribution in [0, 0.1) is 5.82 Å². The number of benzene rings is 2. The van der Waals surface area contributed by atoms with E-state index in [9.17, 15) is 12.8 Å². The molecule has 112 valence electrons. The van der Waals surface area contributed by atoms with Gasteiger partial charge in [0.25, 0.3) is 10.0 Å². The monoisotopic (exact) mass is 308 g/mol. The molecule has 0 heterocycles. The van der Waals surface area contributed by atoms with Crippen molar-refractivity contribution in [2.75, 3.05) is 17.1 Å². The van der Waals surface area contributed by atoms with Crippen molar-refractivity contribution in [3.63, 3.8) is 0 Å². The molecule has 0 aliphatic carbocycles. The van der Waals surface area contributed by atoms with Gasteiger partial charge in [0.1, 0.15) is 5.82 Å². The number of para-hydroxylation sites is 1. The predicted molar refractivity (Wildman–Crippen MR) is 82.2 cm³/mol. The summed E-state index contributed by atoms with van der Waals surface area (Å²) in [5.74, 6) is -0.596. The summed E-state index contributed by atoms with van der Waals surface area (Å²) in [6, 6.07) is 10.3. The second kappa shape index (κ2) is 5.73. The smallest absolute Gasteiger partial charge is 0.264 e. The Morgan fingerprint density at radius 3 is 2.43 bits per heavy atom. The van der Waals surface area contributed by atoms with Crippen LogP contribution < -0.4 is 10.0 Å². The topological polar surface area (TPSA) is 63.4 Å². The Morgan fingerprint density at radius 2 is 1.86 bits per heavy atom. The second-order valence-electron chi connectivity index (χ2n) is 4.64. The van der Waals surface area contributed by atoms with E-state index in [0.717, 1.165) is 16.3 Å². The molecule has 2 aromatic carbocycles. The molecular weight excluding hydrogens is 291 g/mol. The van der Waals surface area contributed by atoms with Crippen molar-refractivity contribution < 1.29 is 12.8 Å². The Balaban J connectivity index is 2.47. The molecule has 0 aliphatic heterocycles. The first-order chi connectivity index (χ1) is 9.87. The van der Waals surface area contributed by atoms with E-state index < -0.39 is 15.8 Å². The lowest BCUT2D eigenvalue weighted by Gasteiger charge is -2.20. The lowest BCUT2D eigenvalue weighted by atomic mass is 10.1. The van der Waals surface area contributed by atoms with Gasteiger partial charge in [0.2, 0.25) is 0 Å². The first-order valence-electron chi connectivity index (χ1n) is 6.49. The van der Waals surface area contributed by atoms with Gasteiger partial charge in [0, 0.05) is 12.7 Å². The number of anilines is 2. The normalized spacial score (nSPS) is 11.4. The van der Waals surface area contributed by atoms with Crippen LogP contribution in [0.25, 0.3) is 0 Å². The maximum absolute atomic E-state index is 13.8. The van der Waals surface area contributed by atoms with E-state index >= 15 is 0 Å². The largest absolute Gasteiger partial charge is 0.398 e. The quantitative estimate of drug-likeness (QED) is 0.883. The molecule has 0 saturated heterocycles. The summed E-state index contributed by atoms with van der Waals surface area (Å²) in [6.07, 6.45) is 0.718. The Morgan fingerprint density at radius 1 is 1.19 bits per heavy atom. The van der Waals surface area contributed by atoms with Crippen LogP contribution in [0.3, 0.4) is 0 Å². The van der Waals surface area contributed by atoms with Gasteiger partial charge >= 0.3 is 0 Å². The molecule has 2 N–H and O–H groups in total. The van der Waals surface area contributed by atoms with Crippen molar-refractivity contribution in [1.29, 1.82) is 0 Å². The van der Waals surface area contributed by atoms with E-state index in [4.69, 9.17) is 5.73 Å². The molecule has 4 nitrogen and oxygen atoms in total. The third-order valence-corrected chi connectivity index (χ3v) is 5.12. The lowest BCUT2D eigenvalue weighted by Crippen LogP contribution is -2.27. The number of hydrogen-bond donors (Lipinski definition) is 1. The van der Waals surface area contributed by atoms with Crippen molar-refractivity contribution >= 4 is 21.4 Å². The number of nitrogens with zero attached hydrogens (tertiary/aromatic N) is 1. The van der Waals surface area contributed by atoms with Gasteiger partial charge in [0.05, 0.1) is 10.6 Å². The van der Waals surface area contributed by atoms with Crippen molar-refractivity contribution in [1.82, 2.24) is 0 Å². The number of aryl methyl sites for hydroxylation is 1. The minimum atomic E-state index is -3.85. The average molecular weight is 308 g/mol. The van der Waals surface area contributed by atoms with Crippen molar-refractivity contribution in [2.24, 2.45) is 0 Å². The maximum Gasteiger partial charge on any atom is 0.264 e. The van der Waals surface area contributed by atoms with Crippen LogP contribution in [0.5, 0.6) is 0 Å². The van der Waals surface area contributed by atoms with E-state index in [2.05, 4.69) is 0 Å². The Hall–Kier alpha value is -2.08. The molecule has 0 aromatic heterocycles. The van der Waals surface area contributed by atoms with Gasteiger partial charge in [-0.05, 0) is 36.2 Å². The van der Waals surface area contributed by atoms with Gasteiger partial charge in [-0.1, -0.05) is 25.1 Å². The van der Waals surface area contributed by atoms with E-state index in [0.29, 0.717) is 5.69 Å². The Bertz CT molecular complexity index is 760. The first kappa shape index (κ1) is 15.3. The number of sulfonamides is 1. The number of nitrogen functional groups attached to an aromatic ring is 1. The molecule has 0 bridgehead atoms. The van der Waals surface area contributed by atoms with Crippen LogP contribution in [-0.2, 0) is 16.4 Å². The molecule has 6 heteroatoms. The van der Waals surface area contributed by atoms with Crippen molar-refractivity contribution in [2.45, 2.75) is 18.2 Å². The second-order valence-corrected chi connectivity index (χ2v) is 6.61. The molecular formula is C15H17FN2O2S. The molecule has 21 heavy (non-hydrogen) atoms. The molecule has 2 rings (SSSR count). The fourth-order valence-corrected chi connectivity index (χ4v) is 3.29. The van der Waals surface area contributed by atoms with E-state index in [1.807, 2.05) is 6.92 Å². The zero-order valence-corrected chi connectivity index (χ0v) is 12.7. The SMILES string of the molecule is CCc1ccc(S(=O)(=O)N(C)c2ccccc2F)cc1N. The van der Waals surface area contributed by atoms with Gasteiger partial charge < -0.3 is 5.73 Å². The minimum absolute atomic E-state index is 0.00404. The van der Waals surface area contributed by atoms with Crippen LogP contribution in [0.1, 0.15) is 12.5 Å². The zero-order valence-electron chi connectivity index (χ0n) is 11.9. The number of nitrogens with two attached hydrogens (primary N) is 1. The van der Waals surface area contributed by atoms with Gasteiger partial charge in [-0.15, -0.1) is 0 Å². The summed E-state index contributed by atoms with van der Waals surface area (Å²) in [5, 5.41) is 0. The summed E-state index contributed by atoms with van der Waals surface area (Å²) >= 11 is 0. The minimum Gasteiger partial charge on any atom is -0.398 e. The van der Waals surface area contributed by atoms with E-state index in [-0.39, 0.29) is 10.6 Å². The van der Waals surface area contributed by atoms with Crippen LogP contribution in [0.2, 0.25) is 0 Å². The van der Waals surface area contributed by atoms with Gasteiger partial charge in [0.15, 0.2) is 0 Å². The first-order valence-corrected chi connectivity index (χ1v) is 7.93. The highest BCUT2D eigenvalue weighted by Crippen LogP contribution is 2.26. The van der Waals surface area contributed by atoms with Gasteiger partial charge in [-0.2, -0.15) is 0 Å². The van der Waals surface area contributed by atoms with Gasteiger partial charge in [-0.3, -0.25) is 4.31 Å².